The zero-order chi connectivity index (χ0) is 21.9. The second kappa shape index (κ2) is 7.11. The van der Waals surface area contributed by atoms with Gasteiger partial charge in [0.15, 0.2) is 5.82 Å². The summed E-state index contributed by atoms with van der Waals surface area (Å²) in [5, 5.41) is 1.07. The molecule has 154 valence electrons. The van der Waals surface area contributed by atoms with Crippen LogP contribution in [-0.4, -0.2) is 9.97 Å². The number of fused-ring (bicyclic) bond motifs is 4. The molecule has 0 saturated carbocycles. The zero-order valence-electron chi connectivity index (χ0n) is 17.9. The van der Waals surface area contributed by atoms with Crippen molar-refractivity contribution in [3.05, 3.63) is 107 Å². The van der Waals surface area contributed by atoms with Gasteiger partial charge in [-0.2, -0.15) is 0 Å². The van der Waals surface area contributed by atoms with Crippen molar-refractivity contribution in [1.29, 1.82) is 0 Å². The van der Waals surface area contributed by atoms with Gasteiger partial charge in [-0.15, -0.1) is 0 Å². The van der Waals surface area contributed by atoms with Crippen molar-refractivity contribution in [2.45, 2.75) is 19.3 Å². The molecule has 1 aliphatic carbocycles. The molecular formula is C29H21BrN2. The van der Waals surface area contributed by atoms with Crippen LogP contribution >= 0.6 is 15.9 Å². The summed E-state index contributed by atoms with van der Waals surface area (Å²) in [6.07, 6.45) is 0. The molecule has 32 heavy (non-hydrogen) atoms. The highest BCUT2D eigenvalue weighted by Crippen LogP contribution is 2.49. The quantitative estimate of drug-likeness (QED) is 0.257. The van der Waals surface area contributed by atoms with Gasteiger partial charge in [0, 0.05) is 26.4 Å². The number of halogens is 1. The molecule has 1 aliphatic rings. The molecule has 0 atom stereocenters. The van der Waals surface area contributed by atoms with Crippen LogP contribution in [0.3, 0.4) is 0 Å². The fourth-order valence-electron chi connectivity index (χ4n) is 4.88. The van der Waals surface area contributed by atoms with E-state index in [4.69, 9.17) is 9.97 Å². The van der Waals surface area contributed by atoms with Gasteiger partial charge in [0.25, 0.3) is 0 Å². The number of nitrogens with zero attached hydrogens (tertiary/aromatic N) is 2. The van der Waals surface area contributed by atoms with Crippen molar-refractivity contribution in [2.75, 3.05) is 0 Å². The van der Waals surface area contributed by atoms with Crippen molar-refractivity contribution < 1.29 is 0 Å². The zero-order valence-corrected chi connectivity index (χ0v) is 19.5. The second-order valence-electron chi connectivity index (χ2n) is 8.85. The second-order valence-corrected chi connectivity index (χ2v) is 9.77. The van der Waals surface area contributed by atoms with Crippen molar-refractivity contribution >= 4 is 26.8 Å². The van der Waals surface area contributed by atoms with Gasteiger partial charge in [-0.3, -0.25) is 0 Å². The Morgan fingerprint density at radius 3 is 2.19 bits per heavy atom. The summed E-state index contributed by atoms with van der Waals surface area (Å²) in [5.41, 5.74) is 9.42. The summed E-state index contributed by atoms with van der Waals surface area (Å²) in [7, 11) is 0. The summed E-state index contributed by atoms with van der Waals surface area (Å²) in [4.78, 5) is 9.94. The molecule has 0 amide bonds. The molecule has 0 N–H and O–H groups in total. The van der Waals surface area contributed by atoms with Crippen LogP contribution in [0.2, 0.25) is 0 Å². The first-order chi connectivity index (χ1) is 15.5. The lowest BCUT2D eigenvalue weighted by Crippen LogP contribution is -2.14. The molecule has 4 aromatic carbocycles. The third-order valence-corrected chi connectivity index (χ3v) is 7.09. The van der Waals surface area contributed by atoms with E-state index in [0.717, 1.165) is 38.0 Å². The van der Waals surface area contributed by atoms with E-state index in [1.165, 1.54) is 22.3 Å². The first-order valence-corrected chi connectivity index (χ1v) is 11.6. The first kappa shape index (κ1) is 19.4. The topological polar surface area (TPSA) is 25.8 Å². The van der Waals surface area contributed by atoms with Gasteiger partial charge in [-0.1, -0.05) is 96.5 Å². The largest absolute Gasteiger partial charge is 0.228 e. The van der Waals surface area contributed by atoms with Crippen molar-refractivity contribution in [3.63, 3.8) is 0 Å². The Labute approximate surface area is 196 Å². The van der Waals surface area contributed by atoms with E-state index >= 15 is 0 Å². The number of benzene rings is 4. The standard InChI is InChI=1S/C29H21BrN2/c1-29(2)24-9-5-3-7-21(24)22-16-13-19(17-25(22)29)27-23-8-4-6-10-26(23)31-28(32-27)18-11-14-20(30)15-12-18/h3-17H,1-2H3. The van der Waals surface area contributed by atoms with Gasteiger partial charge in [-0.05, 0) is 46.5 Å². The van der Waals surface area contributed by atoms with Crippen LogP contribution in [0.1, 0.15) is 25.0 Å². The van der Waals surface area contributed by atoms with Crippen LogP contribution < -0.4 is 0 Å². The molecule has 1 heterocycles. The van der Waals surface area contributed by atoms with Crippen LogP contribution in [0.5, 0.6) is 0 Å². The predicted octanol–water partition coefficient (Wildman–Crippen LogP) is 8.03. The molecule has 0 radical (unpaired) electrons. The number of rotatable bonds is 2. The summed E-state index contributed by atoms with van der Waals surface area (Å²) < 4.78 is 1.04. The monoisotopic (exact) mass is 476 g/mol. The molecule has 0 bridgehead atoms. The van der Waals surface area contributed by atoms with E-state index < -0.39 is 0 Å². The fourth-order valence-corrected chi connectivity index (χ4v) is 5.14. The van der Waals surface area contributed by atoms with Gasteiger partial charge in [0.1, 0.15) is 0 Å². The molecule has 6 rings (SSSR count). The van der Waals surface area contributed by atoms with Gasteiger partial charge in [0.05, 0.1) is 11.2 Å². The number of hydrogen-bond donors (Lipinski definition) is 0. The average molecular weight is 477 g/mol. The molecule has 0 fully saturated rings. The Morgan fingerprint density at radius 2 is 1.34 bits per heavy atom. The Kier molecular flexibility index (Phi) is 4.31. The van der Waals surface area contributed by atoms with Gasteiger partial charge in [0.2, 0.25) is 0 Å². The highest BCUT2D eigenvalue weighted by atomic mass is 79.9. The van der Waals surface area contributed by atoms with E-state index in [9.17, 15) is 0 Å². The minimum absolute atomic E-state index is 0.0424. The van der Waals surface area contributed by atoms with E-state index in [1.54, 1.807) is 0 Å². The van der Waals surface area contributed by atoms with E-state index in [0.29, 0.717) is 0 Å². The van der Waals surface area contributed by atoms with Crippen LogP contribution in [0, 0.1) is 0 Å². The van der Waals surface area contributed by atoms with Crippen LogP contribution in [-0.2, 0) is 5.41 Å². The third-order valence-electron chi connectivity index (χ3n) is 6.56. The molecule has 5 aromatic rings. The average Bonchev–Trinajstić information content (AvgIpc) is 3.05. The number of aromatic nitrogens is 2. The highest BCUT2D eigenvalue weighted by molar-refractivity contribution is 9.10. The summed E-state index contributed by atoms with van der Waals surface area (Å²) in [6.45, 7) is 4.62. The molecule has 3 heteroatoms. The Bertz CT molecular complexity index is 1500. The summed E-state index contributed by atoms with van der Waals surface area (Å²) in [5.74, 6) is 0.745. The minimum atomic E-state index is -0.0424. The Morgan fingerprint density at radius 1 is 0.656 bits per heavy atom. The highest BCUT2D eigenvalue weighted by Gasteiger charge is 2.35. The lowest BCUT2D eigenvalue weighted by atomic mass is 9.82. The Hall–Kier alpha value is -3.30. The third kappa shape index (κ3) is 2.92. The smallest absolute Gasteiger partial charge is 0.160 e. The normalized spacial score (nSPS) is 13.7. The maximum absolute atomic E-state index is 5.07. The molecule has 0 spiro atoms. The lowest BCUT2D eigenvalue weighted by molar-refractivity contribution is 0.660. The Balaban J connectivity index is 1.58. The molecule has 0 aliphatic heterocycles. The molecule has 0 saturated heterocycles. The SMILES string of the molecule is CC1(C)c2ccccc2-c2ccc(-c3nc(-c4ccc(Br)cc4)nc4ccccc34)cc21. The van der Waals surface area contributed by atoms with Crippen molar-refractivity contribution in [2.24, 2.45) is 0 Å². The van der Waals surface area contributed by atoms with Crippen molar-refractivity contribution in [3.8, 4) is 33.8 Å². The molecular weight excluding hydrogens is 456 g/mol. The van der Waals surface area contributed by atoms with Crippen LogP contribution in [0.15, 0.2) is 95.5 Å². The van der Waals surface area contributed by atoms with E-state index in [2.05, 4.69) is 103 Å². The van der Waals surface area contributed by atoms with Gasteiger partial charge < -0.3 is 0 Å². The van der Waals surface area contributed by atoms with Gasteiger partial charge >= 0.3 is 0 Å². The summed E-state index contributed by atoms with van der Waals surface area (Å²) >= 11 is 3.52. The van der Waals surface area contributed by atoms with Crippen molar-refractivity contribution in [1.82, 2.24) is 9.97 Å². The molecule has 1 aromatic heterocycles. The minimum Gasteiger partial charge on any atom is -0.228 e. The summed E-state index contributed by atoms with van der Waals surface area (Å²) in [6, 6.07) is 32.0. The van der Waals surface area contributed by atoms with E-state index in [1.807, 2.05) is 18.2 Å². The van der Waals surface area contributed by atoms with Crippen LogP contribution in [0.25, 0.3) is 44.7 Å². The molecule has 2 nitrogen and oxygen atoms in total. The molecule has 0 unspecified atom stereocenters. The lowest BCUT2D eigenvalue weighted by Gasteiger charge is -2.22. The maximum atomic E-state index is 5.07. The first-order valence-electron chi connectivity index (χ1n) is 10.8. The number of para-hydroxylation sites is 1. The maximum Gasteiger partial charge on any atom is 0.160 e. The fraction of sp³-hybridized carbons (Fsp3) is 0.103. The number of hydrogen-bond acceptors (Lipinski definition) is 2. The van der Waals surface area contributed by atoms with E-state index in [-0.39, 0.29) is 5.41 Å². The predicted molar refractivity (Wildman–Crippen MR) is 136 cm³/mol. The van der Waals surface area contributed by atoms with Gasteiger partial charge in [-0.25, -0.2) is 9.97 Å². The van der Waals surface area contributed by atoms with Crippen LogP contribution in [0.4, 0.5) is 0 Å².